The summed E-state index contributed by atoms with van der Waals surface area (Å²) in [6.07, 6.45) is 3.04. The summed E-state index contributed by atoms with van der Waals surface area (Å²) >= 11 is 0. The van der Waals surface area contributed by atoms with Crippen LogP contribution in [-0.4, -0.2) is 22.4 Å². The Hall–Kier alpha value is -1.32. The van der Waals surface area contributed by atoms with Gasteiger partial charge in [-0.15, -0.1) is 0 Å². The smallest absolute Gasteiger partial charge is 0.311 e. The number of aromatic nitrogens is 2. The van der Waals surface area contributed by atoms with Crippen molar-refractivity contribution >= 4 is 5.97 Å². The first kappa shape index (κ1) is 10.8. The number of aryl methyl sites for hydroxylation is 1. The van der Waals surface area contributed by atoms with Gasteiger partial charge in [-0.25, -0.2) is 0 Å². The van der Waals surface area contributed by atoms with E-state index in [1.165, 1.54) is 0 Å². The number of carbonyl (C=O) groups is 1. The van der Waals surface area contributed by atoms with E-state index in [9.17, 15) is 4.79 Å². The fourth-order valence-corrected chi connectivity index (χ4v) is 1.28. The van der Waals surface area contributed by atoms with Gasteiger partial charge in [-0.3, -0.25) is 9.48 Å². The highest BCUT2D eigenvalue weighted by Crippen LogP contribution is 2.02. The molecule has 1 aromatic heterocycles. The molecule has 0 spiro atoms. The van der Waals surface area contributed by atoms with Crippen LogP contribution in [0.1, 0.15) is 26.0 Å². The summed E-state index contributed by atoms with van der Waals surface area (Å²) < 4.78 is 6.71. The Morgan fingerprint density at radius 1 is 1.57 bits per heavy atom. The third-order valence-corrected chi connectivity index (χ3v) is 1.87. The predicted octanol–water partition coefficient (Wildman–Crippen LogP) is 1.40. The van der Waals surface area contributed by atoms with Crippen LogP contribution in [-0.2, 0) is 22.5 Å². The van der Waals surface area contributed by atoms with Gasteiger partial charge in [-0.2, -0.15) is 5.10 Å². The zero-order valence-electron chi connectivity index (χ0n) is 8.69. The minimum atomic E-state index is -0.189. The van der Waals surface area contributed by atoms with Crippen molar-refractivity contribution in [1.29, 1.82) is 0 Å². The lowest BCUT2D eigenvalue weighted by Gasteiger charge is -2.05. The first-order valence-corrected chi connectivity index (χ1v) is 4.94. The lowest BCUT2D eigenvalue weighted by molar-refractivity contribution is -0.142. The van der Waals surface area contributed by atoms with E-state index in [4.69, 9.17) is 4.74 Å². The molecule has 0 amide bonds. The van der Waals surface area contributed by atoms with E-state index in [-0.39, 0.29) is 5.97 Å². The Balaban J connectivity index is 2.56. The summed E-state index contributed by atoms with van der Waals surface area (Å²) in [4.78, 5) is 11.2. The van der Waals surface area contributed by atoms with Crippen LogP contribution in [0.4, 0.5) is 0 Å². The average Bonchev–Trinajstić information content (AvgIpc) is 2.54. The molecule has 78 valence electrons. The number of hydrogen-bond acceptors (Lipinski definition) is 3. The highest BCUT2D eigenvalue weighted by molar-refractivity contribution is 5.71. The molecule has 0 aliphatic carbocycles. The number of nitrogens with zero attached hydrogens (tertiary/aromatic N) is 2. The minimum absolute atomic E-state index is 0.189. The lowest BCUT2D eigenvalue weighted by atomic mass is 10.3. The van der Waals surface area contributed by atoms with Gasteiger partial charge in [0.05, 0.1) is 13.0 Å². The van der Waals surface area contributed by atoms with Crippen LogP contribution < -0.4 is 0 Å². The van der Waals surface area contributed by atoms with Crippen molar-refractivity contribution in [1.82, 2.24) is 9.78 Å². The second-order valence-corrected chi connectivity index (χ2v) is 3.03. The molecule has 0 aliphatic rings. The average molecular weight is 196 g/mol. The second kappa shape index (κ2) is 5.42. The van der Waals surface area contributed by atoms with E-state index in [2.05, 4.69) is 12.0 Å². The van der Waals surface area contributed by atoms with Crippen LogP contribution in [0.25, 0.3) is 0 Å². The Bertz CT molecular complexity index is 294. The van der Waals surface area contributed by atoms with E-state index < -0.39 is 0 Å². The number of carbonyl (C=O) groups excluding carboxylic acids is 1. The van der Waals surface area contributed by atoms with E-state index in [0.29, 0.717) is 13.0 Å². The molecule has 0 bridgehead atoms. The highest BCUT2D eigenvalue weighted by atomic mass is 16.5. The predicted molar refractivity (Wildman–Crippen MR) is 52.9 cm³/mol. The van der Waals surface area contributed by atoms with Crippen molar-refractivity contribution in [2.24, 2.45) is 0 Å². The summed E-state index contributed by atoms with van der Waals surface area (Å²) in [7, 11) is 0. The Morgan fingerprint density at radius 2 is 2.36 bits per heavy atom. The van der Waals surface area contributed by atoms with Gasteiger partial charge >= 0.3 is 5.97 Å². The maximum Gasteiger partial charge on any atom is 0.311 e. The molecule has 0 radical (unpaired) electrons. The van der Waals surface area contributed by atoms with Gasteiger partial charge in [0.25, 0.3) is 0 Å². The van der Waals surface area contributed by atoms with Gasteiger partial charge in [0.2, 0.25) is 0 Å². The van der Waals surface area contributed by atoms with Gasteiger partial charge < -0.3 is 4.74 Å². The molecule has 1 heterocycles. The molecule has 0 N–H and O–H groups in total. The van der Waals surface area contributed by atoms with Crippen LogP contribution >= 0.6 is 0 Å². The first-order chi connectivity index (χ1) is 6.77. The number of hydrogen-bond donors (Lipinski definition) is 0. The van der Waals surface area contributed by atoms with Crippen molar-refractivity contribution in [2.45, 2.75) is 33.2 Å². The van der Waals surface area contributed by atoms with Crippen molar-refractivity contribution in [3.05, 3.63) is 18.0 Å². The van der Waals surface area contributed by atoms with Crippen LogP contribution in [0.3, 0.4) is 0 Å². The Kier molecular flexibility index (Phi) is 4.16. The van der Waals surface area contributed by atoms with Crippen molar-refractivity contribution in [2.75, 3.05) is 6.61 Å². The van der Waals surface area contributed by atoms with Crippen molar-refractivity contribution < 1.29 is 9.53 Å². The third-order valence-electron chi connectivity index (χ3n) is 1.87. The van der Waals surface area contributed by atoms with Gasteiger partial charge in [0.15, 0.2) is 0 Å². The molecule has 0 fully saturated rings. The Morgan fingerprint density at radius 3 is 3.00 bits per heavy atom. The summed E-state index contributed by atoms with van der Waals surface area (Å²) in [5.41, 5.74) is 0.922. The molecule has 4 heteroatoms. The van der Waals surface area contributed by atoms with E-state index in [0.717, 1.165) is 18.7 Å². The molecule has 4 nitrogen and oxygen atoms in total. The van der Waals surface area contributed by atoms with Crippen LogP contribution in [0, 0.1) is 0 Å². The van der Waals surface area contributed by atoms with Crippen LogP contribution in [0.15, 0.2) is 12.3 Å². The molecule has 0 aromatic carbocycles. The molecule has 0 aliphatic heterocycles. The quantitative estimate of drug-likeness (QED) is 0.668. The summed E-state index contributed by atoms with van der Waals surface area (Å²) in [6, 6.07) is 1.85. The summed E-state index contributed by atoms with van der Waals surface area (Å²) in [5.74, 6) is -0.189. The second-order valence-electron chi connectivity index (χ2n) is 3.03. The number of rotatable bonds is 5. The monoisotopic (exact) mass is 196 g/mol. The molecule has 0 unspecified atom stereocenters. The maximum atomic E-state index is 11.2. The standard InChI is InChI=1S/C10H16N2O2/c1-3-7-12-9(5-6-11-12)8-10(13)14-4-2/h5-6H,3-4,7-8H2,1-2H3. The summed E-state index contributed by atoms with van der Waals surface area (Å²) in [6.45, 7) is 5.17. The Labute approximate surface area is 83.9 Å². The molecule has 0 saturated heterocycles. The summed E-state index contributed by atoms with van der Waals surface area (Å²) in [5, 5.41) is 4.13. The topological polar surface area (TPSA) is 44.1 Å². The van der Waals surface area contributed by atoms with Crippen molar-refractivity contribution in [3.8, 4) is 0 Å². The third kappa shape index (κ3) is 2.87. The fourth-order valence-electron chi connectivity index (χ4n) is 1.28. The molecule has 14 heavy (non-hydrogen) atoms. The van der Waals surface area contributed by atoms with Gasteiger partial charge in [-0.05, 0) is 19.4 Å². The number of esters is 1. The zero-order chi connectivity index (χ0) is 10.4. The number of ether oxygens (including phenoxy) is 1. The van der Waals surface area contributed by atoms with Crippen LogP contribution in [0.2, 0.25) is 0 Å². The van der Waals surface area contributed by atoms with Gasteiger partial charge in [0.1, 0.15) is 0 Å². The van der Waals surface area contributed by atoms with E-state index in [1.807, 2.05) is 10.7 Å². The van der Waals surface area contributed by atoms with E-state index in [1.54, 1.807) is 13.1 Å². The normalized spacial score (nSPS) is 10.1. The largest absolute Gasteiger partial charge is 0.466 e. The van der Waals surface area contributed by atoms with Gasteiger partial charge in [-0.1, -0.05) is 6.92 Å². The SMILES string of the molecule is CCCn1nccc1CC(=O)OCC. The minimum Gasteiger partial charge on any atom is -0.466 e. The van der Waals surface area contributed by atoms with E-state index >= 15 is 0 Å². The molecule has 1 aromatic rings. The fraction of sp³-hybridized carbons (Fsp3) is 0.600. The highest BCUT2D eigenvalue weighted by Gasteiger charge is 2.08. The molecular formula is C10H16N2O2. The maximum absolute atomic E-state index is 11.2. The molecule has 0 atom stereocenters. The first-order valence-electron chi connectivity index (χ1n) is 4.94. The molecular weight excluding hydrogens is 180 g/mol. The lowest BCUT2D eigenvalue weighted by Crippen LogP contribution is -2.12. The van der Waals surface area contributed by atoms with Crippen LogP contribution in [0.5, 0.6) is 0 Å². The van der Waals surface area contributed by atoms with Gasteiger partial charge in [0, 0.05) is 18.4 Å². The van der Waals surface area contributed by atoms with Crippen molar-refractivity contribution in [3.63, 3.8) is 0 Å². The zero-order valence-corrected chi connectivity index (χ0v) is 8.69. The molecule has 0 saturated carbocycles. The molecule has 1 rings (SSSR count).